The maximum absolute atomic E-state index is 14.5. The first-order valence-electron chi connectivity index (χ1n) is 10.00. The van der Waals surface area contributed by atoms with Gasteiger partial charge in [-0.2, -0.15) is 18.2 Å². The monoisotopic (exact) mass is 445 g/mol. The van der Waals surface area contributed by atoms with Gasteiger partial charge in [-0.3, -0.25) is 4.90 Å². The third kappa shape index (κ3) is 4.95. The average Bonchev–Trinajstić information content (AvgIpc) is 3.09. The standard InChI is InChI=1S/C22H24FN3O4S/c1-29-13-12-25(15-17-7-3-2-4-8-17)16-20-18-11-14-31(27,28)30-22(18)26(24-20)21-10-6-5-9-19(21)23/h2-10H,11-16H2,1H3. The Morgan fingerprint density at radius 1 is 1.13 bits per heavy atom. The molecule has 0 atom stereocenters. The lowest BCUT2D eigenvalue weighted by Gasteiger charge is -2.22. The van der Waals surface area contributed by atoms with Gasteiger partial charge in [-0.05, 0) is 24.1 Å². The molecule has 31 heavy (non-hydrogen) atoms. The van der Waals surface area contributed by atoms with Gasteiger partial charge in [0.05, 0.1) is 18.1 Å². The predicted octanol–water partition coefficient (Wildman–Crippen LogP) is 2.92. The van der Waals surface area contributed by atoms with Crippen LogP contribution in [0, 0.1) is 5.82 Å². The number of fused-ring (bicyclic) bond motifs is 1. The van der Waals surface area contributed by atoms with Crippen LogP contribution in [0.2, 0.25) is 0 Å². The van der Waals surface area contributed by atoms with E-state index in [1.54, 1.807) is 25.3 Å². The van der Waals surface area contributed by atoms with Crippen molar-refractivity contribution in [1.82, 2.24) is 14.7 Å². The molecule has 0 aliphatic carbocycles. The van der Waals surface area contributed by atoms with E-state index in [9.17, 15) is 12.8 Å². The highest BCUT2D eigenvalue weighted by Gasteiger charge is 2.32. The van der Waals surface area contributed by atoms with E-state index in [1.807, 2.05) is 30.3 Å². The molecule has 1 aliphatic rings. The third-order valence-electron chi connectivity index (χ3n) is 5.14. The van der Waals surface area contributed by atoms with Crippen LogP contribution in [0.1, 0.15) is 16.8 Å². The second kappa shape index (κ2) is 9.17. The highest BCUT2D eigenvalue weighted by Crippen LogP contribution is 2.33. The first-order valence-corrected chi connectivity index (χ1v) is 11.6. The predicted molar refractivity (Wildman–Crippen MR) is 114 cm³/mol. The molecule has 0 N–H and O–H groups in total. The summed E-state index contributed by atoms with van der Waals surface area (Å²) in [7, 11) is -2.09. The third-order valence-corrected chi connectivity index (χ3v) is 6.26. The summed E-state index contributed by atoms with van der Waals surface area (Å²) in [6.07, 6.45) is 0.269. The fraction of sp³-hybridized carbons (Fsp3) is 0.318. The molecule has 0 amide bonds. The Hall–Kier alpha value is -2.75. The Balaban J connectivity index is 1.71. The Morgan fingerprint density at radius 3 is 2.61 bits per heavy atom. The van der Waals surface area contributed by atoms with Crippen molar-refractivity contribution in [2.24, 2.45) is 0 Å². The molecule has 0 unspecified atom stereocenters. The molecule has 0 saturated carbocycles. The lowest BCUT2D eigenvalue weighted by molar-refractivity contribution is 0.139. The number of benzene rings is 2. The van der Waals surface area contributed by atoms with Crippen LogP contribution in [0.4, 0.5) is 4.39 Å². The number of ether oxygens (including phenoxy) is 1. The summed E-state index contributed by atoms with van der Waals surface area (Å²) in [5, 5.41) is 4.58. The van der Waals surface area contributed by atoms with Gasteiger partial charge in [0.1, 0.15) is 11.5 Å². The first-order chi connectivity index (χ1) is 15.0. The van der Waals surface area contributed by atoms with E-state index in [-0.39, 0.29) is 23.7 Å². The number of para-hydroxylation sites is 1. The van der Waals surface area contributed by atoms with E-state index in [2.05, 4.69) is 10.00 Å². The fourth-order valence-corrected chi connectivity index (χ4v) is 4.55. The number of aromatic nitrogens is 2. The number of methoxy groups -OCH3 is 1. The van der Waals surface area contributed by atoms with Crippen LogP contribution in [0.25, 0.3) is 5.69 Å². The summed E-state index contributed by atoms with van der Waals surface area (Å²) in [5.74, 6) is -0.573. The van der Waals surface area contributed by atoms with Crippen molar-refractivity contribution >= 4 is 10.1 Å². The molecule has 4 rings (SSSR count). The van der Waals surface area contributed by atoms with Crippen LogP contribution in [-0.2, 0) is 34.4 Å². The Bertz CT molecular complexity index is 1150. The Kier molecular flexibility index (Phi) is 6.35. The molecule has 1 aliphatic heterocycles. The highest BCUT2D eigenvalue weighted by atomic mass is 32.2. The largest absolute Gasteiger partial charge is 0.383 e. The van der Waals surface area contributed by atoms with E-state index in [1.165, 1.54) is 10.7 Å². The molecule has 9 heteroatoms. The minimum atomic E-state index is -3.73. The smallest absolute Gasteiger partial charge is 0.311 e. The first kappa shape index (κ1) is 21.5. The van der Waals surface area contributed by atoms with Gasteiger partial charge >= 0.3 is 10.1 Å². The minimum Gasteiger partial charge on any atom is -0.383 e. The van der Waals surface area contributed by atoms with E-state index in [0.717, 1.165) is 5.56 Å². The van der Waals surface area contributed by atoms with Crippen LogP contribution in [-0.4, -0.2) is 49.1 Å². The van der Waals surface area contributed by atoms with E-state index in [0.29, 0.717) is 37.5 Å². The van der Waals surface area contributed by atoms with Crippen molar-refractivity contribution in [1.29, 1.82) is 0 Å². The number of nitrogens with zero attached hydrogens (tertiary/aromatic N) is 3. The fourth-order valence-electron chi connectivity index (χ4n) is 3.61. The van der Waals surface area contributed by atoms with Gasteiger partial charge in [0.2, 0.25) is 5.88 Å². The average molecular weight is 446 g/mol. The van der Waals surface area contributed by atoms with Crippen LogP contribution < -0.4 is 4.18 Å². The number of rotatable bonds is 8. The van der Waals surface area contributed by atoms with E-state index >= 15 is 0 Å². The molecule has 7 nitrogen and oxygen atoms in total. The van der Waals surface area contributed by atoms with Crippen molar-refractivity contribution in [3.05, 3.63) is 77.2 Å². The van der Waals surface area contributed by atoms with Gasteiger partial charge in [0.25, 0.3) is 0 Å². The second-order valence-corrected chi connectivity index (χ2v) is 9.07. The molecule has 0 radical (unpaired) electrons. The van der Waals surface area contributed by atoms with Crippen LogP contribution >= 0.6 is 0 Å². The molecule has 0 bridgehead atoms. The summed E-state index contributed by atoms with van der Waals surface area (Å²) in [4.78, 5) is 2.16. The maximum atomic E-state index is 14.5. The summed E-state index contributed by atoms with van der Waals surface area (Å²) in [6, 6.07) is 16.1. The zero-order valence-electron chi connectivity index (χ0n) is 17.2. The quantitative estimate of drug-likeness (QED) is 0.497. The van der Waals surface area contributed by atoms with Crippen LogP contribution in [0.3, 0.4) is 0 Å². The van der Waals surface area contributed by atoms with Crippen LogP contribution in [0.15, 0.2) is 54.6 Å². The zero-order valence-corrected chi connectivity index (χ0v) is 18.0. The molecule has 2 heterocycles. The molecule has 164 valence electrons. The number of hydrogen-bond acceptors (Lipinski definition) is 6. The Morgan fingerprint density at radius 2 is 1.87 bits per heavy atom. The van der Waals surface area contributed by atoms with Crippen molar-refractivity contribution in [3.63, 3.8) is 0 Å². The van der Waals surface area contributed by atoms with Gasteiger partial charge in [-0.15, -0.1) is 0 Å². The van der Waals surface area contributed by atoms with Gasteiger partial charge in [-0.1, -0.05) is 42.5 Å². The summed E-state index contributed by atoms with van der Waals surface area (Å²) in [6.45, 7) is 2.32. The van der Waals surface area contributed by atoms with E-state index in [4.69, 9.17) is 8.92 Å². The van der Waals surface area contributed by atoms with Gasteiger partial charge in [0, 0.05) is 32.3 Å². The summed E-state index contributed by atoms with van der Waals surface area (Å²) < 4.78 is 50.5. The lowest BCUT2D eigenvalue weighted by Crippen LogP contribution is -2.28. The van der Waals surface area contributed by atoms with Crippen LogP contribution in [0.5, 0.6) is 5.88 Å². The van der Waals surface area contributed by atoms with E-state index < -0.39 is 15.9 Å². The van der Waals surface area contributed by atoms with Gasteiger partial charge in [0.15, 0.2) is 0 Å². The van der Waals surface area contributed by atoms with Crippen molar-refractivity contribution < 1.29 is 21.7 Å². The zero-order chi connectivity index (χ0) is 21.8. The van der Waals surface area contributed by atoms with Gasteiger partial charge < -0.3 is 8.92 Å². The molecule has 1 aromatic heterocycles. The Labute approximate surface area is 181 Å². The topological polar surface area (TPSA) is 73.7 Å². The maximum Gasteiger partial charge on any atom is 0.311 e. The number of hydrogen-bond donors (Lipinski definition) is 0. The van der Waals surface area contributed by atoms with Crippen molar-refractivity contribution in [2.45, 2.75) is 19.5 Å². The van der Waals surface area contributed by atoms with Crippen molar-refractivity contribution in [2.75, 3.05) is 26.0 Å². The highest BCUT2D eigenvalue weighted by molar-refractivity contribution is 7.87. The molecule has 0 fully saturated rings. The molecular weight excluding hydrogens is 421 g/mol. The summed E-state index contributed by atoms with van der Waals surface area (Å²) in [5.41, 5.74) is 2.64. The normalized spacial score (nSPS) is 14.9. The SMILES string of the molecule is COCCN(Cc1ccccc1)Cc1nn(-c2ccccc2F)c2c1CCS(=O)(=O)O2. The minimum absolute atomic E-state index is 0.0674. The molecule has 0 saturated heterocycles. The molecule has 0 spiro atoms. The summed E-state index contributed by atoms with van der Waals surface area (Å²) >= 11 is 0. The molecule has 3 aromatic rings. The number of halogens is 1. The van der Waals surface area contributed by atoms with Crippen molar-refractivity contribution in [3.8, 4) is 11.6 Å². The molecular formula is C22H24FN3O4S. The second-order valence-electron chi connectivity index (χ2n) is 7.38. The molecule has 2 aromatic carbocycles. The lowest BCUT2D eigenvalue weighted by atomic mass is 10.1. The van der Waals surface area contributed by atoms with Gasteiger partial charge in [-0.25, -0.2) is 4.39 Å².